The topological polar surface area (TPSA) is 69.0 Å². The van der Waals surface area contributed by atoms with Crippen LogP contribution in [0.25, 0.3) is 22.5 Å². The highest BCUT2D eigenvalue weighted by atomic mass is 28.3. The van der Waals surface area contributed by atoms with Crippen LogP contribution in [-0.2, 0) is 17.9 Å². The maximum Gasteiger partial charge on any atom is 0.161 e. The van der Waals surface area contributed by atoms with Gasteiger partial charge in [0.1, 0.15) is 19.1 Å². The second kappa shape index (κ2) is 11.5. The van der Waals surface area contributed by atoms with E-state index in [1.165, 1.54) is 30.4 Å². The molecule has 2 aromatic carbocycles. The summed E-state index contributed by atoms with van der Waals surface area (Å²) in [6.07, 6.45) is 4.65. The number of piperidine rings is 1. The molecule has 0 spiro atoms. The smallest absolute Gasteiger partial charge is 0.161 e. The SMILES string of the molecule is COc1cc2c(cc1OCCN1CCCCC1)-c1c(c(-c3ccc(O)cc3)nn1COCC[Si](C)(C)C)C2. The Morgan fingerprint density at radius 3 is 2.45 bits per heavy atom. The Balaban J connectivity index is 1.43. The molecule has 1 fully saturated rings. The summed E-state index contributed by atoms with van der Waals surface area (Å²) in [5.74, 6) is 1.79. The van der Waals surface area contributed by atoms with Gasteiger partial charge in [0.2, 0.25) is 0 Å². The van der Waals surface area contributed by atoms with Crippen LogP contribution in [0, 0.1) is 0 Å². The molecule has 2 heterocycles. The first kappa shape index (κ1) is 26.8. The summed E-state index contributed by atoms with van der Waals surface area (Å²) >= 11 is 0. The van der Waals surface area contributed by atoms with E-state index in [2.05, 4.69) is 36.7 Å². The van der Waals surface area contributed by atoms with Gasteiger partial charge in [-0.15, -0.1) is 0 Å². The van der Waals surface area contributed by atoms with Crippen molar-refractivity contribution in [3.63, 3.8) is 0 Å². The molecule has 2 aliphatic rings. The van der Waals surface area contributed by atoms with E-state index in [0.717, 1.165) is 72.7 Å². The number of phenolic OH excluding ortho intramolecular Hbond substituents is 1. The van der Waals surface area contributed by atoms with E-state index in [9.17, 15) is 5.11 Å². The number of benzene rings is 2. The van der Waals surface area contributed by atoms with E-state index < -0.39 is 8.07 Å². The first-order valence-corrected chi connectivity index (χ1v) is 17.6. The Morgan fingerprint density at radius 1 is 0.974 bits per heavy atom. The van der Waals surface area contributed by atoms with Gasteiger partial charge in [-0.2, -0.15) is 5.10 Å². The molecule has 7 nitrogen and oxygen atoms in total. The fourth-order valence-electron chi connectivity index (χ4n) is 5.34. The Hall–Kier alpha value is -2.81. The monoisotopic (exact) mass is 535 g/mol. The van der Waals surface area contributed by atoms with Crippen LogP contribution in [0.1, 0.15) is 30.4 Å². The fourth-order valence-corrected chi connectivity index (χ4v) is 6.10. The standard InChI is InChI=1S/C30H41N3O4Si/c1-35-27-19-23-18-26-29(22-8-10-24(34)11-9-22)31-33(21-36-16-17-38(2,3)4)30(26)25(23)20-28(27)37-15-14-32-12-6-5-7-13-32/h8-11,19-20,34H,5-7,12-18,21H2,1-4H3. The van der Waals surface area contributed by atoms with Crippen LogP contribution in [0.5, 0.6) is 17.2 Å². The average molecular weight is 536 g/mol. The lowest BCUT2D eigenvalue weighted by molar-refractivity contribution is 0.0799. The third-order valence-corrected chi connectivity index (χ3v) is 9.23. The molecular formula is C30H41N3O4Si. The van der Waals surface area contributed by atoms with Crippen LogP contribution >= 0.6 is 0 Å². The van der Waals surface area contributed by atoms with E-state index in [1.54, 1.807) is 19.2 Å². The number of ether oxygens (including phenoxy) is 3. The van der Waals surface area contributed by atoms with Crippen molar-refractivity contribution in [2.75, 3.05) is 40.0 Å². The molecule has 1 saturated heterocycles. The minimum Gasteiger partial charge on any atom is -0.508 e. The zero-order valence-corrected chi connectivity index (χ0v) is 24.3. The normalized spacial score (nSPS) is 15.4. The minimum atomic E-state index is -1.18. The summed E-state index contributed by atoms with van der Waals surface area (Å²) in [4.78, 5) is 2.48. The van der Waals surface area contributed by atoms with Gasteiger partial charge in [0.05, 0.1) is 18.5 Å². The molecule has 1 N–H and O–H groups in total. The molecule has 3 aromatic rings. The summed E-state index contributed by atoms with van der Waals surface area (Å²) in [5, 5.41) is 14.8. The Bertz CT molecular complexity index is 1240. The molecule has 0 radical (unpaired) electrons. The van der Waals surface area contributed by atoms with Crippen LogP contribution in [-0.4, -0.2) is 67.8 Å². The van der Waals surface area contributed by atoms with E-state index >= 15 is 0 Å². The molecule has 1 aliphatic carbocycles. The zero-order chi connectivity index (χ0) is 26.7. The van der Waals surface area contributed by atoms with Gasteiger partial charge in [0.25, 0.3) is 0 Å². The highest BCUT2D eigenvalue weighted by Gasteiger charge is 2.30. The number of fused-ring (bicyclic) bond motifs is 3. The summed E-state index contributed by atoms with van der Waals surface area (Å²) in [6.45, 7) is 12.1. The molecule has 8 heteroatoms. The minimum absolute atomic E-state index is 0.249. The van der Waals surface area contributed by atoms with Gasteiger partial charge in [-0.1, -0.05) is 26.1 Å². The van der Waals surface area contributed by atoms with Crippen molar-refractivity contribution in [1.82, 2.24) is 14.7 Å². The van der Waals surface area contributed by atoms with E-state index in [-0.39, 0.29) is 5.75 Å². The quantitative estimate of drug-likeness (QED) is 0.187. The summed E-state index contributed by atoms with van der Waals surface area (Å²) in [5.41, 5.74) is 6.49. The van der Waals surface area contributed by atoms with Crippen molar-refractivity contribution in [2.45, 2.75) is 58.1 Å². The van der Waals surface area contributed by atoms with Crippen molar-refractivity contribution in [2.24, 2.45) is 0 Å². The molecule has 0 unspecified atom stereocenters. The van der Waals surface area contributed by atoms with E-state index in [0.29, 0.717) is 13.3 Å². The fraction of sp³-hybridized carbons (Fsp3) is 0.500. The maximum atomic E-state index is 9.82. The Morgan fingerprint density at radius 2 is 1.74 bits per heavy atom. The van der Waals surface area contributed by atoms with Crippen LogP contribution in [0.3, 0.4) is 0 Å². The number of methoxy groups -OCH3 is 1. The number of rotatable bonds is 11. The van der Waals surface area contributed by atoms with E-state index in [1.807, 2.05) is 16.8 Å². The molecule has 0 saturated carbocycles. The van der Waals surface area contributed by atoms with Crippen molar-refractivity contribution in [3.05, 3.63) is 47.5 Å². The van der Waals surface area contributed by atoms with Gasteiger partial charge in [-0.05, 0) is 73.9 Å². The molecule has 5 rings (SSSR count). The van der Waals surface area contributed by atoms with Crippen molar-refractivity contribution in [3.8, 4) is 39.8 Å². The van der Waals surface area contributed by atoms with Gasteiger partial charge >= 0.3 is 0 Å². The van der Waals surface area contributed by atoms with Gasteiger partial charge in [-0.3, -0.25) is 4.90 Å². The molecule has 0 bridgehead atoms. The molecule has 0 amide bonds. The number of hydrogen-bond acceptors (Lipinski definition) is 6. The number of nitrogens with zero attached hydrogens (tertiary/aromatic N) is 3. The Kier molecular flexibility index (Phi) is 8.11. The number of phenols is 1. The highest BCUT2D eigenvalue weighted by molar-refractivity contribution is 6.76. The summed E-state index contributed by atoms with van der Waals surface area (Å²) < 4.78 is 20.2. The first-order chi connectivity index (χ1) is 18.3. The van der Waals surface area contributed by atoms with Crippen molar-refractivity contribution < 1.29 is 19.3 Å². The third kappa shape index (κ3) is 6.08. The molecule has 38 heavy (non-hydrogen) atoms. The van der Waals surface area contributed by atoms with Crippen LogP contribution in [0.4, 0.5) is 0 Å². The summed E-state index contributed by atoms with van der Waals surface area (Å²) in [7, 11) is 0.523. The number of aromatic nitrogens is 2. The number of hydrogen-bond donors (Lipinski definition) is 1. The van der Waals surface area contributed by atoms with Gasteiger partial charge in [0, 0.05) is 44.3 Å². The molecule has 204 valence electrons. The molecule has 1 aliphatic heterocycles. The molecule has 0 atom stereocenters. The lowest BCUT2D eigenvalue weighted by atomic mass is 10.1. The number of likely N-dealkylation sites (tertiary alicyclic amines) is 1. The van der Waals surface area contributed by atoms with Crippen LogP contribution in [0.15, 0.2) is 36.4 Å². The highest BCUT2D eigenvalue weighted by Crippen LogP contribution is 2.46. The predicted octanol–water partition coefficient (Wildman–Crippen LogP) is 6.01. The maximum absolute atomic E-state index is 9.82. The number of aromatic hydroxyl groups is 1. The van der Waals surface area contributed by atoms with Crippen LogP contribution in [0.2, 0.25) is 25.7 Å². The van der Waals surface area contributed by atoms with Crippen LogP contribution < -0.4 is 9.47 Å². The molecule has 1 aromatic heterocycles. The first-order valence-electron chi connectivity index (χ1n) is 13.9. The van der Waals surface area contributed by atoms with Gasteiger partial charge in [0.15, 0.2) is 11.5 Å². The Labute approximate surface area is 227 Å². The van der Waals surface area contributed by atoms with Crippen molar-refractivity contribution in [1.29, 1.82) is 0 Å². The lowest BCUT2D eigenvalue weighted by Gasteiger charge is -2.26. The third-order valence-electron chi connectivity index (χ3n) is 7.53. The van der Waals surface area contributed by atoms with E-state index in [4.69, 9.17) is 19.3 Å². The van der Waals surface area contributed by atoms with Gasteiger partial charge in [-0.25, -0.2) is 4.68 Å². The lowest BCUT2D eigenvalue weighted by Crippen LogP contribution is -2.33. The molecular weight excluding hydrogens is 494 g/mol. The summed E-state index contributed by atoms with van der Waals surface area (Å²) in [6, 6.07) is 12.6. The predicted molar refractivity (Wildman–Crippen MR) is 154 cm³/mol. The average Bonchev–Trinajstić information content (AvgIpc) is 3.44. The van der Waals surface area contributed by atoms with Gasteiger partial charge < -0.3 is 19.3 Å². The van der Waals surface area contributed by atoms with Crippen molar-refractivity contribution >= 4 is 8.07 Å². The second-order valence-electron chi connectivity index (χ2n) is 11.7. The second-order valence-corrected chi connectivity index (χ2v) is 17.3. The zero-order valence-electron chi connectivity index (χ0n) is 23.3. The largest absolute Gasteiger partial charge is 0.508 e.